The Morgan fingerprint density at radius 2 is 1.17 bits per heavy atom. The molecule has 23 heavy (non-hydrogen) atoms. The van der Waals surface area contributed by atoms with Crippen LogP contribution in [0.3, 0.4) is 0 Å². The van der Waals surface area contributed by atoms with Gasteiger partial charge in [-0.25, -0.2) is 0 Å². The van der Waals surface area contributed by atoms with Gasteiger partial charge in [0.25, 0.3) is 0 Å². The molecule has 0 amide bonds. The van der Waals surface area contributed by atoms with Gasteiger partial charge in [0.1, 0.15) is 0 Å². The van der Waals surface area contributed by atoms with E-state index in [1.807, 2.05) is 24.3 Å². The summed E-state index contributed by atoms with van der Waals surface area (Å²) < 4.78 is 0. The van der Waals surface area contributed by atoms with E-state index in [1.54, 1.807) is 0 Å². The number of nitrogens with two attached hydrogens (primary N) is 1. The van der Waals surface area contributed by atoms with Gasteiger partial charge in [-0.3, -0.25) is 0 Å². The molecule has 0 aliphatic carbocycles. The van der Waals surface area contributed by atoms with Crippen molar-refractivity contribution in [2.24, 2.45) is 0 Å². The second-order valence-electron chi connectivity index (χ2n) is 5.42. The van der Waals surface area contributed by atoms with Crippen LogP contribution in [0.15, 0.2) is 79.9 Å². The van der Waals surface area contributed by atoms with Crippen molar-refractivity contribution in [3.8, 4) is 22.3 Å². The molecular weight excluding hydrogens is 278 g/mol. The van der Waals surface area contributed by atoms with E-state index in [4.69, 9.17) is 5.73 Å². The van der Waals surface area contributed by atoms with Crippen LogP contribution < -0.4 is 5.73 Å². The highest BCUT2D eigenvalue weighted by Gasteiger charge is 2.10. The molecule has 3 aromatic carbocycles. The van der Waals surface area contributed by atoms with Crippen LogP contribution in [0.25, 0.3) is 34.4 Å². The Morgan fingerprint density at radius 1 is 0.652 bits per heavy atom. The predicted octanol–water partition coefficient (Wildman–Crippen LogP) is 5.89. The minimum atomic E-state index is 0.779. The third kappa shape index (κ3) is 2.95. The SMILES string of the molecule is C=Cc1ccc(-c2cccc(N)c2-c2ccc(C=C)cc2)cc1. The molecular formula is C22H19N. The maximum atomic E-state index is 6.28. The van der Waals surface area contributed by atoms with E-state index < -0.39 is 0 Å². The van der Waals surface area contributed by atoms with E-state index in [-0.39, 0.29) is 0 Å². The summed E-state index contributed by atoms with van der Waals surface area (Å²) in [5.74, 6) is 0. The molecule has 0 spiro atoms. The average Bonchev–Trinajstić information content (AvgIpc) is 2.62. The summed E-state index contributed by atoms with van der Waals surface area (Å²) in [6.07, 6.45) is 3.69. The lowest BCUT2D eigenvalue weighted by molar-refractivity contribution is 1.56. The fraction of sp³-hybridized carbons (Fsp3) is 0. The molecule has 1 heteroatoms. The van der Waals surface area contributed by atoms with Gasteiger partial charge < -0.3 is 5.73 Å². The Kier molecular flexibility index (Phi) is 4.11. The highest BCUT2D eigenvalue weighted by molar-refractivity contribution is 5.91. The van der Waals surface area contributed by atoms with Crippen molar-refractivity contribution in [2.45, 2.75) is 0 Å². The second-order valence-corrected chi connectivity index (χ2v) is 5.42. The molecule has 0 aliphatic rings. The van der Waals surface area contributed by atoms with Crippen LogP contribution in [0.2, 0.25) is 0 Å². The Labute approximate surface area is 137 Å². The number of nitrogen functional groups attached to an aromatic ring is 1. The molecule has 0 bridgehead atoms. The Balaban J connectivity index is 2.15. The Bertz CT molecular complexity index is 840. The molecule has 0 saturated heterocycles. The van der Waals surface area contributed by atoms with Crippen LogP contribution in [0, 0.1) is 0 Å². The molecule has 0 aromatic heterocycles. The van der Waals surface area contributed by atoms with E-state index >= 15 is 0 Å². The number of benzene rings is 3. The third-order valence-electron chi connectivity index (χ3n) is 3.99. The highest BCUT2D eigenvalue weighted by atomic mass is 14.6. The summed E-state index contributed by atoms with van der Waals surface area (Å²) in [6, 6.07) is 22.7. The largest absolute Gasteiger partial charge is 0.398 e. The fourth-order valence-electron chi connectivity index (χ4n) is 2.72. The molecule has 0 atom stereocenters. The molecule has 0 radical (unpaired) electrons. The summed E-state index contributed by atoms with van der Waals surface area (Å²) in [4.78, 5) is 0. The van der Waals surface area contributed by atoms with E-state index in [1.165, 1.54) is 0 Å². The van der Waals surface area contributed by atoms with Crippen LogP contribution in [0.4, 0.5) is 5.69 Å². The van der Waals surface area contributed by atoms with Gasteiger partial charge in [-0.2, -0.15) is 0 Å². The molecule has 0 aliphatic heterocycles. The molecule has 0 unspecified atom stereocenters. The zero-order valence-electron chi connectivity index (χ0n) is 13.0. The standard InChI is InChI=1S/C22H19N/c1-3-16-8-12-18(13-9-16)20-6-5-7-21(23)22(20)19-14-10-17(4-2)11-15-19/h3-15H,1-2,23H2. The summed E-state index contributed by atoms with van der Waals surface area (Å²) in [6.45, 7) is 7.60. The van der Waals surface area contributed by atoms with Crippen molar-refractivity contribution in [1.82, 2.24) is 0 Å². The number of hydrogen-bond donors (Lipinski definition) is 1. The number of anilines is 1. The molecule has 2 N–H and O–H groups in total. The van der Waals surface area contributed by atoms with Crippen LogP contribution in [-0.2, 0) is 0 Å². The normalized spacial score (nSPS) is 10.3. The third-order valence-corrected chi connectivity index (χ3v) is 3.99. The molecule has 1 nitrogen and oxygen atoms in total. The topological polar surface area (TPSA) is 26.0 Å². The Morgan fingerprint density at radius 3 is 1.70 bits per heavy atom. The van der Waals surface area contributed by atoms with Gasteiger partial charge in [-0.1, -0.05) is 86.0 Å². The predicted molar refractivity (Wildman–Crippen MR) is 102 cm³/mol. The van der Waals surface area contributed by atoms with Gasteiger partial charge in [0, 0.05) is 11.3 Å². The summed E-state index contributed by atoms with van der Waals surface area (Å²) in [5, 5.41) is 0. The van der Waals surface area contributed by atoms with E-state index in [2.05, 4.69) is 67.8 Å². The van der Waals surface area contributed by atoms with Crippen molar-refractivity contribution in [1.29, 1.82) is 0 Å². The molecule has 0 saturated carbocycles. The van der Waals surface area contributed by atoms with E-state index in [0.29, 0.717) is 0 Å². The quantitative estimate of drug-likeness (QED) is 0.597. The summed E-state index contributed by atoms with van der Waals surface area (Å²) in [7, 11) is 0. The maximum Gasteiger partial charge on any atom is 0.0400 e. The van der Waals surface area contributed by atoms with Gasteiger partial charge in [0.2, 0.25) is 0 Å². The fourth-order valence-corrected chi connectivity index (χ4v) is 2.72. The first-order valence-electron chi connectivity index (χ1n) is 7.57. The van der Waals surface area contributed by atoms with Crippen LogP contribution in [0.5, 0.6) is 0 Å². The first-order chi connectivity index (χ1) is 11.2. The zero-order chi connectivity index (χ0) is 16.2. The number of hydrogen-bond acceptors (Lipinski definition) is 1. The van der Waals surface area contributed by atoms with Gasteiger partial charge in [0.15, 0.2) is 0 Å². The van der Waals surface area contributed by atoms with Crippen molar-refractivity contribution >= 4 is 17.8 Å². The lowest BCUT2D eigenvalue weighted by Gasteiger charge is -2.13. The monoisotopic (exact) mass is 297 g/mol. The zero-order valence-corrected chi connectivity index (χ0v) is 13.0. The van der Waals surface area contributed by atoms with Crippen molar-refractivity contribution in [2.75, 3.05) is 5.73 Å². The van der Waals surface area contributed by atoms with Crippen LogP contribution in [0.1, 0.15) is 11.1 Å². The lowest BCUT2D eigenvalue weighted by Crippen LogP contribution is -1.93. The molecule has 0 heterocycles. The van der Waals surface area contributed by atoms with E-state index in [0.717, 1.165) is 39.1 Å². The highest BCUT2D eigenvalue weighted by Crippen LogP contribution is 2.36. The molecule has 3 rings (SSSR count). The average molecular weight is 297 g/mol. The molecule has 3 aromatic rings. The minimum Gasteiger partial charge on any atom is -0.398 e. The summed E-state index contributed by atoms with van der Waals surface area (Å²) >= 11 is 0. The first kappa shape index (κ1) is 14.9. The minimum absolute atomic E-state index is 0.779. The van der Waals surface area contributed by atoms with Gasteiger partial charge in [0.05, 0.1) is 0 Å². The molecule has 112 valence electrons. The summed E-state index contributed by atoms with van der Waals surface area (Å²) in [5.41, 5.74) is 13.7. The van der Waals surface area contributed by atoms with Crippen molar-refractivity contribution < 1.29 is 0 Å². The lowest BCUT2D eigenvalue weighted by atomic mass is 9.92. The van der Waals surface area contributed by atoms with Crippen LogP contribution in [-0.4, -0.2) is 0 Å². The maximum absolute atomic E-state index is 6.28. The molecule has 0 fully saturated rings. The van der Waals surface area contributed by atoms with Gasteiger partial charge >= 0.3 is 0 Å². The number of rotatable bonds is 4. The second kappa shape index (κ2) is 6.37. The van der Waals surface area contributed by atoms with Crippen molar-refractivity contribution in [3.05, 3.63) is 91.0 Å². The van der Waals surface area contributed by atoms with Crippen molar-refractivity contribution in [3.63, 3.8) is 0 Å². The Hall–Kier alpha value is -3.06. The first-order valence-corrected chi connectivity index (χ1v) is 7.57. The van der Waals surface area contributed by atoms with Gasteiger partial charge in [-0.15, -0.1) is 0 Å². The van der Waals surface area contributed by atoms with Gasteiger partial charge in [-0.05, 0) is 33.9 Å². The van der Waals surface area contributed by atoms with Crippen LogP contribution >= 0.6 is 0 Å². The van der Waals surface area contributed by atoms with E-state index in [9.17, 15) is 0 Å². The smallest absolute Gasteiger partial charge is 0.0400 e.